The molecule has 0 amide bonds. The second-order valence-electron chi connectivity index (χ2n) is 7.44. The van der Waals surface area contributed by atoms with Gasteiger partial charge in [-0.05, 0) is 63.2 Å². The van der Waals surface area contributed by atoms with Gasteiger partial charge in [-0.15, -0.1) is 0 Å². The molecule has 2 N–H and O–H groups in total. The van der Waals surface area contributed by atoms with Gasteiger partial charge in [-0.2, -0.15) is 4.98 Å². The lowest BCUT2D eigenvalue weighted by Crippen LogP contribution is -2.59. The average Bonchev–Trinajstić information content (AvgIpc) is 2.35. The number of hydrogen-bond acceptors (Lipinski definition) is 4. The first-order valence-corrected chi connectivity index (χ1v) is 7.89. The van der Waals surface area contributed by atoms with E-state index in [2.05, 4.69) is 21.9 Å². The summed E-state index contributed by atoms with van der Waals surface area (Å²) < 4.78 is 0. The maximum Gasteiger partial charge on any atom is 0.227 e. The lowest BCUT2D eigenvalue weighted by atomic mass is 9.52. The van der Waals surface area contributed by atoms with Crippen molar-refractivity contribution in [2.24, 2.45) is 17.8 Å². The number of nitrogens with two attached hydrogens (primary N) is 1. The summed E-state index contributed by atoms with van der Waals surface area (Å²) >= 11 is 0. The zero-order valence-electron chi connectivity index (χ0n) is 12.5. The van der Waals surface area contributed by atoms with Crippen LogP contribution < -0.4 is 10.6 Å². The lowest BCUT2D eigenvalue weighted by molar-refractivity contribution is -0.00259. The molecule has 4 bridgehead atoms. The number of nitrogen functional groups attached to an aromatic ring is 1. The Morgan fingerprint density at radius 3 is 2.15 bits per heavy atom. The van der Waals surface area contributed by atoms with Gasteiger partial charge in [-0.3, -0.25) is 0 Å². The Balaban J connectivity index is 1.69. The minimum Gasteiger partial charge on any atom is -0.384 e. The van der Waals surface area contributed by atoms with E-state index >= 15 is 0 Å². The molecule has 1 heterocycles. The Hall–Kier alpha value is -1.32. The molecule has 4 aliphatic rings. The number of aryl methyl sites for hydroxylation is 1. The third kappa shape index (κ3) is 1.80. The SMILES string of the molecule is Cc1cc(N)nc(N(C)C23CC4CC(CC(C4)C2)C3)n1. The van der Waals surface area contributed by atoms with E-state index in [1.807, 2.05) is 13.0 Å². The summed E-state index contributed by atoms with van der Waals surface area (Å²) in [6.07, 6.45) is 8.36. The Bertz CT molecular complexity index is 484. The van der Waals surface area contributed by atoms with Crippen molar-refractivity contribution >= 4 is 11.8 Å². The molecule has 0 atom stereocenters. The molecule has 108 valence electrons. The molecular weight excluding hydrogens is 248 g/mol. The highest BCUT2D eigenvalue weighted by Crippen LogP contribution is 2.57. The summed E-state index contributed by atoms with van der Waals surface area (Å²) in [5.41, 5.74) is 7.17. The molecule has 4 saturated carbocycles. The van der Waals surface area contributed by atoms with E-state index in [4.69, 9.17) is 5.73 Å². The fraction of sp³-hybridized carbons (Fsp3) is 0.750. The van der Waals surface area contributed by atoms with Crippen LogP contribution in [0.25, 0.3) is 0 Å². The van der Waals surface area contributed by atoms with Crippen LogP contribution in [0, 0.1) is 24.7 Å². The van der Waals surface area contributed by atoms with Crippen LogP contribution in [0.3, 0.4) is 0 Å². The predicted octanol–water partition coefficient (Wildman–Crippen LogP) is 2.77. The molecule has 4 nitrogen and oxygen atoms in total. The van der Waals surface area contributed by atoms with Gasteiger partial charge >= 0.3 is 0 Å². The standard InChI is InChI=1S/C16H24N4/c1-10-3-14(17)19-15(18-10)20(2)16-7-11-4-12(8-16)6-13(5-11)9-16/h3,11-13H,4-9H2,1-2H3,(H2,17,18,19). The van der Waals surface area contributed by atoms with Gasteiger partial charge in [0.1, 0.15) is 5.82 Å². The van der Waals surface area contributed by atoms with Gasteiger partial charge in [0, 0.05) is 24.3 Å². The van der Waals surface area contributed by atoms with Crippen molar-refractivity contribution in [2.45, 2.75) is 51.0 Å². The zero-order chi connectivity index (χ0) is 13.9. The Kier molecular flexibility index (Phi) is 2.54. The van der Waals surface area contributed by atoms with Crippen LogP contribution in [0.15, 0.2) is 6.07 Å². The normalized spacial score (nSPS) is 38.2. The fourth-order valence-corrected chi connectivity index (χ4v) is 5.41. The third-order valence-corrected chi connectivity index (χ3v) is 5.88. The van der Waals surface area contributed by atoms with E-state index in [-0.39, 0.29) is 0 Å². The van der Waals surface area contributed by atoms with E-state index in [9.17, 15) is 0 Å². The second kappa shape index (κ2) is 4.09. The van der Waals surface area contributed by atoms with Crippen molar-refractivity contribution in [1.82, 2.24) is 9.97 Å². The first-order valence-electron chi connectivity index (χ1n) is 7.89. The first-order chi connectivity index (χ1) is 9.54. The molecule has 0 spiro atoms. The average molecular weight is 272 g/mol. The van der Waals surface area contributed by atoms with E-state index in [1.165, 1.54) is 38.5 Å². The molecule has 4 heteroatoms. The minimum atomic E-state index is 0.301. The van der Waals surface area contributed by atoms with Gasteiger partial charge in [0.15, 0.2) is 0 Å². The number of hydrogen-bond donors (Lipinski definition) is 1. The van der Waals surface area contributed by atoms with Crippen LogP contribution in [0.5, 0.6) is 0 Å². The molecule has 0 saturated heterocycles. The molecule has 5 rings (SSSR count). The van der Waals surface area contributed by atoms with Crippen LogP contribution in [0.2, 0.25) is 0 Å². The van der Waals surface area contributed by atoms with Crippen molar-refractivity contribution in [1.29, 1.82) is 0 Å². The number of anilines is 2. The van der Waals surface area contributed by atoms with Crippen molar-refractivity contribution in [3.63, 3.8) is 0 Å². The summed E-state index contributed by atoms with van der Waals surface area (Å²) in [6.45, 7) is 2.00. The molecule has 1 aromatic heterocycles. The van der Waals surface area contributed by atoms with Crippen LogP contribution in [0.1, 0.15) is 44.2 Å². The highest BCUT2D eigenvalue weighted by molar-refractivity contribution is 5.43. The summed E-state index contributed by atoms with van der Waals surface area (Å²) in [5, 5.41) is 0. The summed E-state index contributed by atoms with van der Waals surface area (Å²) in [6, 6.07) is 1.84. The maximum absolute atomic E-state index is 5.91. The molecule has 0 radical (unpaired) electrons. The van der Waals surface area contributed by atoms with Gasteiger partial charge in [-0.1, -0.05) is 0 Å². The quantitative estimate of drug-likeness (QED) is 0.899. The predicted molar refractivity (Wildman–Crippen MR) is 80.5 cm³/mol. The van der Waals surface area contributed by atoms with Crippen LogP contribution in [0.4, 0.5) is 11.8 Å². The van der Waals surface area contributed by atoms with E-state index in [0.717, 1.165) is 29.4 Å². The molecule has 0 aromatic carbocycles. The van der Waals surface area contributed by atoms with E-state index in [1.54, 1.807) is 0 Å². The van der Waals surface area contributed by atoms with Gasteiger partial charge in [0.05, 0.1) is 0 Å². The summed E-state index contributed by atoms with van der Waals surface area (Å²) in [7, 11) is 2.18. The van der Waals surface area contributed by atoms with Gasteiger partial charge in [0.25, 0.3) is 0 Å². The molecule has 0 unspecified atom stereocenters. The molecule has 4 fully saturated rings. The van der Waals surface area contributed by atoms with E-state index < -0.39 is 0 Å². The van der Waals surface area contributed by atoms with Crippen molar-refractivity contribution in [2.75, 3.05) is 17.7 Å². The molecular formula is C16H24N4. The molecule has 1 aromatic rings. The smallest absolute Gasteiger partial charge is 0.227 e. The van der Waals surface area contributed by atoms with Crippen LogP contribution >= 0.6 is 0 Å². The van der Waals surface area contributed by atoms with Crippen molar-refractivity contribution in [3.05, 3.63) is 11.8 Å². The van der Waals surface area contributed by atoms with Gasteiger partial charge in [-0.25, -0.2) is 4.98 Å². The highest BCUT2D eigenvalue weighted by Gasteiger charge is 2.53. The summed E-state index contributed by atoms with van der Waals surface area (Å²) in [4.78, 5) is 11.5. The van der Waals surface area contributed by atoms with Crippen molar-refractivity contribution in [3.8, 4) is 0 Å². The van der Waals surface area contributed by atoms with Gasteiger partial charge < -0.3 is 10.6 Å². The lowest BCUT2D eigenvalue weighted by Gasteiger charge is -2.59. The number of rotatable bonds is 2. The Morgan fingerprint density at radius 1 is 1.10 bits per heavy atom. The van der Waals surface area contributed by atoms with Crippen LogP contribution in [-0.4, -0.2) is 22.6 Å². The van der Waals surface area contributed by atoms with Crippen LogP contribution in [-0.2, 0) is 0 Å². The minimum absolute atomic E-state index is 0.301. The fourth-order valence-electron chi connectivity index (χ4n) is 5.41. The molecule has 20 heavy (non-hydrogen) atoms. The summed E-state index contributed by atoms with van der Waals surface area (Å²) in [5.74, 6) is 4.22. The number of aromatic nitrogens is 2. The Labute approximate surface area is 120 Å². The zero-order valence-corrected chi connectivity index (χ0v) is 12.5. The largest absolute Gasteiger partial charge is 0.384 e. The molecule has 4 aliphatic carbocycles. The second-order valence-corrected chi connectivity index (χ2v) is 7.44. The molecule has 0 aliphatic heterocycles. The maximum atomic E-state index is 5.91. The highest BCUT2D eigenvalue weighted by atomic mass is 15.3. The first kappa shape index (κ1) is 12.4. The third-order valence-electron chi connectivity index (χ3n) is 5.88. The monoisotopic (exact) mass is 272 g/mol. The topological polar surface area (TPSA) is 55.0 Å². The Morgan fingerprint density at radius 2 is 1.65 bits per heavy atom. The van der Waals surface area contributed by atoms with Crippen molar-refractivity contribution < 1.29 is 0 Å². The van der Waals surface area contributed by atoms with E-state index in [0.29, 0.717) is 11.4 Å². The van der Waals surface area contributed by atoms with Gasteiger partial charge in [0.2, 0.25) is 5.95 Å². The number of nitrogens with zero attached hydrogens (tertiary/aromatic N) is 3.